The molecule has 1 rings (SSSR count). The average Bonchev–Trinajstić information content (AvgIpc) is 2.67. The minimum absolute atomic E-state index is 0.0393. The van der Waals surface area contributed by atoms with Gasteiger partial charge in [-0.05, 0) is 11.4 Å². The highest BCUT2D eigenvalue weighted by Crippen LogP contribution is 2.26. The van der Waals surface area contributed by atoms with Crippen molar-refractivity contribution in [2.75, 3.05) is 13.7 Å². The number of hydrogen-bond acceptors (Lipinski definition) is 3. The van der Waals surface area contributed by atoms with Gasteiger partial charge in [0.2, 0.25) is 0 Å². The number of carbonyl (C=O) groups excluding carboxylic acids is 1. The molecule has 0 aliphatic heterocycles. The number of methoxy groups -OCH3 is 1. The van der Waals surface area contributed by atoms with E-state index in [1.807, 2.05) is 11.4 Å². The van der Waals surface area contributed by atoms with E-state index < -0.39 is 0 Å². The number of amides is 1. The first-order chi connectivity index (χ1) is 6.56. The Morgan fingerprint density at radius 3 is 2.86 bits per heavy atom. The summed E-state index contributed by atoms with van der Waals surface area (Å²) in [6, 6.07) is 4.09. The lowest BCUT2D eigenvalue weighted by molar-refractivity contribution is 0.168. The average molecular weight is 213 g/mol. The highest BCUT2D eigenvalue weighted by atomic mass is 32.1. The van der Waals surface area contributed by atoms with Gasteiger partial charge in [0.25, 0.3) is 0 Å². The van der Waals surface area contributed by atoms with Gasteiger partial charge in [0.15, 0.2) is 0 Å². The van der Waals surface area contributed by atoms with Crippen molar-refractivity contribution in [1.29, 1.82) is 0 Å². The molecule has 78 valence electrons. The van der Waals surface area contributed by atoms with Crippen LogP contribution in [0.2, 0.25) is 0 Å². The van der Waals surface area contributed by atoms with Crippen LogP contribution in [0.15, 0.2) is 17.5 Å². The van der Waals surface area contributed by atoms with Gasteiger partial charge >= 0.3 is 6.09 Å². The number of alkyl carbamates (subject to hydrolysis) is 1. The normalized spacial score (nSPS) is 11.1. The van der Waals surface area contributed by atoms with Crippen LogP contribution in [0, 0.1) is 0 Å². The number of hydrogen-bond donors (Lipinski definition) is 1. The molecule has 1 N–H and O–H groups in total. The SMILES string of the molecule is COC(=O)NCC(C)(C)c1cccs1. The fourth-order valence-corrected chi connectivity index (χ4v) is 1.97. The van der Waals surface area contributed by atoms with Crippen LogP contribution in [0.3, 0.4) is 0 Å². The van der Waals surface area contributed by atoms with E-state index in [0.29, 0.717) is 6.54 Å². The summed E-state index contributed by atoms with van der Waals surface area (Å²) in [6.07, 6.45) is -0.380. The van der Waals surface area contributed by atoms with Crippen LogP contribution >= 0.6 is 11.3 Å². The molecule has 0 aliphatic carbocycles. The number of ether oxygens (including phenoxy) is 1. The van der Waals surface area contributed by atoms with Gasteiger partial charge in [-0.15, -0.1) is 11.3 Å². The van der Waals surface area contributed by atoms with E-state index in [1.165, 1.54) is 12.0 Å². The molecule has 0 atom stereocenters. The summed E-state index contributed by atoms with van der Waals surface area (Å²) in [6.45, 7) is 4.77. The lowest BCUT2D eigenvalue weighted by atomic mass is 9.91. The van der Waals surface area contributed by atoms with Crippen molar-refractivity contribution in [2.24, 2.45) is 0 Å². The van der Waals surface area contributed by atoms with Crippen LogP contribution in [0.1, 0.15) is 18.7 Å². The standard InChI is InChI=1S/C10H15NO2S/c1-10(2,7-11-9(12)13-3)8-5-4-6-14-8/h4-6H,7H2,1-3H3,(H,11,12). The first kappa shape index (κ1) is 11.0. The third-order valence-electron chi connectivity index (χ3n) is 2.05. The van der Waals surface area contributed by atoms with E-state index >= 15 is 0 Å². The van der Waals surface area contributed by atoms with Crippen molar-refractivity contribution < 1.29 is 9.53 Å². The van der Waals surface area contributed by atoms with E-state index in [9.17, 15) is 4.79 Å². The van der Waals surface area contributed by atoms with Crippen LogP contribution in [0.25, 0.3) is 0 Å². The molecule has 0 fully saturated rings. The lowest BCUT2D eigenvalue weighted by Gasteiger charge is -2.23. The van der Waals surface area contributed by atoms with Crippen molar-refractivity contribution in [3.05, 3.63) is 22.4 Å². The molecular weight excluding hydrogens is 198 g/mol. The Hall–Kier alpha value is -1.03. The summed E-state index contributed by atoms with van der Waals surface area (Å²) in [4.78, 5) is 12.2. The van der Waals surface area contributed by atoms with Gasteiger partial charge in [0.1, 0.15) is 0 Å². The fourth-order valence-electron chi connectivity index (χ4n) is 1.12. The van der Waals surface area contributed by atoms with Crippen molar-refractivity contribution in [3.8, 4) is 0 Å². The molecule has 0 saturated heterocycles. The van der Waals surface area contributed by atoms with E-state index in [0.717, 1.165) is 0 Å². The van der Waals surface area contributed by atoms with Gasteiger partial charge in [-0.1, -0.05) is 19.9 Å². The predicted octanol–water partition coefficient (Wildman–Crippen LogP) is 2.38. The van der Waals surface area contributed by atoms with Crippen LogP contribution < -0.4 is 5.32 Å². The van der Waals surface area contributed by atoms with Crippen molar-refractivity contribution in [2.45, 2.75) is 19.3 Å². The quantitative estimate of drug-likeness (QED) is 0.837. The Balaban J connectivity index is 2.54. The first-order valence-corrected chi connectivity index (χ1v) is 5.30. The lowest BCUT2D eigenvalue weighted by Crippen LogP contribution is -2.36. The number of rotatable bonds is 3. The molecule has 0 saturated carbocycles. The molecule has 14 heavy (non-hydrogen) atoms. The van der Waals surface area contributed by atoms with E-state index in [4.69, 9.17) is 0 Å². The summed E-state index contributed by atoms with van der Waals surface area (Å²) in [5.41, 5.74) is -0.0393. The summed E-state index contributed by atoms with van der Waals surface area (Å²) in [5.74, 6) is 0. The molecule has 0 spiro atoms. The highest BCUT2D eigenvalue weighted by molar-refractivity contribution is 7.10. The molecule has 0 aromatic carbocycles. The van der Waals surface area contributed by atoms with Gasteiger partial charge in [0, 0.05) is 16.8 Å². The fraction of sp³-hybridized carbons (Fsp3) is 0.500. The Morgan fingerprint density at radius 2 is 2.36 bits per heavy atom. The number of thiophene rings is 1. The maximum atomic E-state index is 10.9. The van der Waals surface area contributed by atoms with Crippen LogP contribution in [-0.4, -0.2) is 19.7 Å². The summed E-state index contributed by atoms with van der Waals surface area (Å²) < 4.78 is 4.52. The summed E-state index contributed by atoms with van der Waals surface area (Å²) in [7, 11) is 1.37. The van der Waals surface area contributed by atoms with E-state index in [-0.39, 0.29) is 11.5 Å². The minimum atomic E-state index is -0.380. The van der Waals surface area contributed by atoms with Gasteiger partial charge in [-0.3, -0.25) is 0 Å². The van der Waals surface area contributed by atoms with Gasteiger partial charge in [-0.2, -0.15) is 0 Å². The number of carbonyl (C=O) groups is 1. The number of nitrogens with one attached hydrogen (secondary N) is 1. The summed E-state index contributed by atoms with van der Waals surface area (Å²) >= 11 is 1.70. The van der Waals surface area contributed by atoms with Crippen LogP contribution in [0.4, 0.5) is 4.79 Å². The van der Waals surface area contributed by atoms with Crippen LogP contribution in [-0.2, 0) is 10.2 Å². The second-order valence-electron chi connectivity index (χ2n) is 3.71. The third kappa shape index (κ3) is 2.73. The molecule has 1 amide bonds. The Bertz CT molecular complexity index is 293. The highest BCUT2D eigenvalue weighted by Gasteiger charge is 2.22. The maximum absolute atomic E-state index is 10.9. The smallest absolute Gasteiger partial charge is 0.406 e. The molecule has 3 nitrogen and oxygen atoms in total. The molecule has 4 heteroatoms. The topological polar surface area (TPSA) is 38.3 Å². The Morgan fingerprint density at radius 1 is 1.64 bits per heavy atom. The van der Waals surface area contributed by atoms with Gasteiger partial charge < -0.3 is 10.1 Å². The largest absolute Gasteiger partial charge is 0.453 e. The molecule has 0 aliphatic rings. The molecule has 1 aromatic rings. The molecule has 0 radical (unpaired) electrons. The second kappa shape index (κ2) is 4.46. The van der Waals surface area contributed by atoms with Crippen molar-refractivity contribution in [3.63, 3.8) is 0 Å². The van der Waals surface area contributed by atoms with Crippen molar-refractivity contribution >= 4 is 17.4 Å². The maximum Gasteiger partial charge on any atom is 0.406 e. The zero-order chi connectivity index (χ0) is 10.6. The summed E-state index contributed by atoms with van der Waals surface area (Å²) in [5, 5.41) is 4.74. The molecule has 1 heterocycles. The van der Waals surface area contributed by atoms with E-state index in [1.54, 1.807) is 11.3 Å². The second-order valence-corrected chi connectivity index (χ2v) is 4.65. The van der Waals surface area contributed by atoms with Crippen LogP contribution in [0.5, 0.6) is 0 Å². The Kier molecular flexibility index (Phi) is 3.52. The van der Waals surface area contributed by atoms with Crippen molar-refractivity contribution in [1.82, 2.24) is 5.32 Å². The van der Waals surface area contributed by atoms with Gasteiger partial charge in [0.05, 0.1) is 7.11 Å². The Labute approximate surface area is 88.1 Å². The molecule has 0 unspecified atom stereocenters. The molecule has 0 bridgehead atoms. The van der Waals surface area contributed by atoms with Gasteiger partial charge in [-0.25, -0.2) is 4.79 Å². The van der Waals surface area contributed by atoms with E-state index in [2.05, 4.69) is 30.0 Å². The monoisotopic (exact) mass is 213 g/mol. The minimum Gasteiger partial charge on any atom is -0.453 e. The zero-order valence-electron chi connectivity index (χ0n) is 8.66. The molecule has 1 aromatic heterocycles. The predicted molar refractivity (Wildman–Crippen MR) is 57.8 cm³/mol. The first-order valence-electron chi connectivity index (χ1n) is 4.42. The zero-order valence-corrected chi connectivity index (χ0v) is 9.48. The molecular formula is C10H15NO2S. The third-order valence-corrected chi connectivity index (χ3v) is 3.28.